The predicted molar refractivity (Wildman–Crippen MR) is 143 cm³/mol. The lowest BCUT2D eigenvalue weighted by Crippen LogP contribution is -2.50. The number of hydrogen-bond donors (Lipinski definition) is 1. The van der Waals surface area contributed by atoms with Crippen molar-refractivity contribution in [2.75, 3.05) is 6.54 Å². The summed E-state index contributed by atoms with van der Waals surface area (Å²) in [5.74, 6) is -1.43. The second-order valence-corrected chi connectivity index (χ2v) is 12.0. The molecule has 196 valence electrons. The molecule has 1 saturated heterocycles. The Hall–Kier alpha value is -1.89. The van der Waals surface area contributed by atoms with Crippen molar-refractivity contribution in [3.05, 3.63) is 34.3 Å². The topological polar surface area (TPSA) is 75.7 Å². The second kappa shape index (κ2) is 13.4. The molecule has 1 N–H and O–H groups in total. The number of likely N-dealkylation sites (tertiary alicyclic amines) is 1. The fourth-order valence-corrected chi connectivity index (χ4v) is 5.11. The number of carbonyl (C=O) groups excluding carboxylic acids is 3. The van der Waals surface area contributed by atoms with Crippen molar-refractivity contribution in [3.8, 4) is 0 Å². The lowest BCUT2D eigenvalue weighted by Gasteiger charge is -2.31. The zero-order chi connectivity index (χ0) is 26.2. The first kappa shape index (κ1) is 29.3. The molecular weight excluding hydrogens is 508 g/mol. The van der Waals surface area contributed by atoms with Gasteiger partial charge in [-0.15, -0.1) is 0 Å². The molecule has 6 nitrogen and oxygen atoms in total. The molecule has 1 unspecified atom stereocenters. The predicted octanol–water partition coefficient (Wildman–Crippen LogP) is 5.87. The monoisotopic (exact) mass is 550 g/mol. The number of rotatable bonds is 10. The molecule has 35 heavy (non-hydrogen) atoms. The van der Waals surface area contributed by atoms with Gasteiger partial charge in [-0.05, 0) is 76.5 Å². The normalized spacial score (nSPS) is 18.7. The highest BCUT2D eigenvalue weighted by Crippen LogP contribution is 2.29. The maximum absolute atomic E-state index is 13.6. The van der Waals surface area contributed by atoms with Crippen LogP contribution in [0.25, 0.3) is 0 Å². The van der Waals surface area contributed by atoms with Crippen molar-refractivity contribution in [1.82, 2.24) is 10.2 Å². The van der Waals surface area contributed by atoms with Crippen LogP contribution in [0.15, 0.2) is 28.7 Å². The highest BCUT2D eigenvalue weighted by molar-refractivity contribution is 9.10. The first-order chi connectivity index (χ1) is 16.4. The fourth-order valence-electron chi connectivity index (χ4n) is 4.66. The van der Waals surface area contributed by atoms with Gasteiger partial charge in [-0.3, -0.25) is 14.4 Å². The van der Waals surface area contributed by atoms with Gasteiger partial charge in [0, 0.05) is 17.6 Å². The van der Waals surface area contributed by atoms with Crippen molar-refractivity contribution < 1.29 is 19.1 Å². The molecule has 1 aliphatic rings. The highest BCUT2D eigenvalue weighted by atomic mass is 79.9. The Balaban J connectivity index is 2.21. The Bertz CT molecular complexity index is 865. The number of nitrogens with one attached hydrogen (secondary N) is 1. The summed E-state index contributed by atoms with van der Waals surface area (Å²) < 4.78 is 6.67. The van der Waals surface area contributed by atoms with Crippen molar-refractivity contribution in [2.24, 2.45) is 17.8 Å². The van der Waals surface area contributed by atoms with E-state index in [2.05, 4.69) is 35.1 Å². The molecule has 2 amide bonds. The third-order valence-electron chi connectivity index (χ3n) is 6.22. The average Bonchev–Trinajstić information content (AvgIpc) is 2.91. The molecule has 1 heterocycles. The van der Waals surface area contributed by atoms with E-state index >= 15 is 0 Å². The van der Waals surface area contributed by atoms with Crippen LogP contribution in [0.2, 0.25) is 0 Å². The van der Waals surface area contributed by atoms with Gasteiger partial charge in [-0.1, -0.05) is 55.3 Å². The number of amides is 2. The third-order valence-corrected chi connectivity index (χ3v) is 6.71. The number of esters is 1. The molecule has 0 bridgehead atoms. The molecule has 1 aromatic rings. The van der Waals surface area contributed by atoms with E-state index in [9.17, 15) is 14.4 Å². The van der Waals surface area contributed by atoms with Crippen LogP contribution < -0.4 is 5.32 Å². The zero-order valence-electron chi connectivity index (χ0n) is 22.2. The summed E-state index contributed by atoms with van der Waals surface area (Å²) >= 11 is 3.50. The molecule has 1 aliphatic heterocycles. The lowest BCUT2D eigenvalue weighted by molar-refractivity contribution is -0.164. The summed E-state index contributed by atoms with van der Waals surface area (Å²) in [7, 11) is 0. The Morgan fingerprint density at radius 1 is 1.20 bits per heavy atom. The van der Waals surface area contributed by atoms with E-state index in [0.29, 0.717) is 32.4 Å². The number of ether oxygens (including phenoxy) is 1. The number of hydrogen-bond acceptors (Lipinski definition) is 4. The van der Waals surface area contributed by atoms with Gasteiger partial charge in [0.15, 0.2) is 0 Å². The summed E-state index contributed by atoms with van der Waals surface area (Å²) in [5.41, 5.74) is 0.428. The lowest BCUT2D eigenvalue weighted by atomic mass is 9.81. The molecule has 0 aliphatic carbocycles. The Labute approximate surface area is 219 Å². The van der Waals surface area contributed by atoms with E-state index in [1.807, 2.05) is 56.9 Å². The maximum atomic E-state index is 13.6. The number of carbonyl (C=O) groups is 3. The van der Waals surface area contributed by atoms with E-state index in [0.717, 1.165) is 29.3 Å². The van der Waals surface area contributed by atoms with Crippen molar-refractivity contribution >= 4 is 33.7 Å². The summed E-state index contributed by atoms with van der Waals surface area (Å²) in [6, 6.07) is 7.37. The summed E-state index contributed by atoms with van der Waals surface area (Å²) in [6.07, 6.45) is 4.29. The van der Waals surface area contributed by atoms with E-state index in [1.165, 1.54) is 0 Å². The molecule has 0 aromatic heterocycles. The minimum Gasteiger partial charge on any atom is -0.460 e. The minimum absolute atomic E-state index is 0.0524. The quantitative estimate of drug-likeness (QED) is 0.370. The third kappa shape index (κ3) is 9.59. The summed E-state index contributed by atoms with van der Waals surface area (Å²) in [4.78, 5) is 42.0. The minimum atomic E-state index is -0.619. The van der Waals surface area contributed by atoms with Crippen LogP contribution in [-0.4, -0.2) is 40.9 Å². The van der Waals surface area contributed by atoms with Crippen LogP contribution in [0.5, 0.6) is 0 Å². The van der Waals surface area contributed by atoms with Gasteiger partial charge in [-0.25, -0.2) is 0 Å². The highest BCUT2D eigenvalue weighted by Gasteiger charge is 2.38. The van der Waals surface area contributed by atoms with Gasteiger partial charge in [0.2, 0.25) is 11.8 Å². The van der Waals surface area contributed by atoms with Crippen molar-refractivity contribution in [3.63, 3.8) is 0 Å². The standard InChI is InChI=1S/C28H43BrN2O4/c1-7-11-22(27(34)35-28(4,5)6)23(16-19(2)3)25(32)30-24-14-8-9-15-31(26(24)33)18-20-12-10-13-21(29)17-20/h10,12-13,17,19,22-24H,7-9,11,14-16,18H2,1-6H3,(H,30,32)/t22?,23-,24+/m1/s1. The molecule has 0 spiro atoms. The van der Waals surface area contributed by atoms with Crippen LogP contribution in [-0.2, 0) is 25.7 Å². The van der Waals surface area contributed by atoms with Gasteiger partial charge in [-0.2, -0.15) is 0 Å². The van der Waals surface area contributed by atoms with Gasteiger partial charge >= 0.3 is 5.97 Å². The van der Waals surface area contributed by atoms with Crippen LogP contribution in [0.1, 0.15) is 85.6 Å². The van der Waals surface area contributed by atoms with Gasteiger partial charge in [0.1, 0.15) is 11.6 Å². The van der Waals surface area contributed by atoms with Gasteiger partial charge in [0.25, 0.3) is 0 Å². The maximum Gasteiger partial charge on any atom is 0.310 e. The molecule has 7 heteroatoms. The molecule has 0 radical (unpaired) electrons. The van der Waals surface area contributed by atoms with Crippen molar-refractivity contribution in [2.45, 2.75) is 98.3 Å². The van der Waals surface area contributed by atoms with Gasteiger partial charge in [0.05, 0.1) is 11.8 Å². The second-order valence-electron chi connectivity index (χ2n) is 11.1. The largest absolute Gasteiger partial charge is 0.460 e. The molecular formula is C28H43BrN2O4. The molecule has 2 rings (SSSR count). The molecule has 0 saturated carbocycles. The summed E-state index contributed by atoms with van der Waals surface area (Å²) in [6.45, 7) is 12.8. The Morgan fingerprint density at radius 2 is 1.91 bits per heavy atom. The Kier molecular flexibility index (Phi) is 11.3. The first-order valence-electron chi connectivity index (χ1n) is 13.0. The average molecular weight is 552 g/mol. The summed E-state index contributed by atoms with van der Waals surface area (Å²) in [5, 5.41) is 3.05. The smallest absolute Gasteiger partial charge is 0.310 e. The van der Waals surface area contributed by atoms with Crippen molar-refractivity contribution in [1.29, 1.82) is 0 Å². The molecule has 3 atom stereocenters. The first-order valence-corrected chi connectivity index (χ1v) is 13.8. The van der Waals surface area contributed by atoms with E-state index < -0.39 is 23.5 Å². The van der Waals surface area contributed by atoms with Gasteiger partial charge < -0.3 is 15.0 Å². The van der Waals surface area contributed by atoms with Crippen LogP contribution >= 0.6 is 15.9 Å². The van der Waals surface area contributed by atoms with Crippen LogP contribution in [0, 0.1) is 17.8 Å². The number of halogens is 1. The number of nitrogens with zero attached hydrogens (tertiary/aromatic N) is 1. The molecule has 1 fully saturated rings. The fraction of sp³-hybridized carbons (Fsp3) is 0.679. The zero-order valence-corrected chi connectivity index (χ0v) is 23.8. The Morgan fingerprint density at radius 3 is 2.51 bits per heavy atom. The van der Waals surface area contributed by atoms with E-state index in [-0.39, 0.29) is 23.7 Å². The SMILES string of the molecule is CCCC(C(=O)OC(C)(C)C)[C@@H](CC(C)C)C(=O)N[C@H]1CCCCN(Cc2cccc(Br)c2)C1=O. The van der Waals surface area contributed by atoms with E-state index in [4.69, 9.17) is 4.74 Å². The van der Waals surface area contributed by atoms with Crippen LogP contribution in [0.3, 0.4) is 0 Å². The van der Waals surface area contributed by atoms with Crippen LogP contribution in [0.4, 0.5) is 0 Å². The number of benzene rings is 1. The molecule has 1 aromatic carbocycles. The van der Waals surface area contributed by atoms with E-state index in [1.54, 1.807) is 0 Å².